The van der Waals surface area contributed by atoms with Crippen molar-refractivity contribution in [3.8, 4) is 72.7 Å². The van der Waals surface area contributed by atoms with Crippen LogP contribution in [-0.4, -0.2) is 20.4 Å². The Morgan fingerprint density at radius 1 is 0.240 bits per heavy atom. The number of para-hydroxylation sites is 7. The molecule has 0 aliphatic carbocycles. The quantitative estimate of drug-likeness (QED) is 0.128. The molecule has 6 heterocycles. The second kappa shape index (κ2) is 27.1. The first-order chi connectivity index (χ1) is 59.0. The Labute approximate surface area is 705 Å². The number of hydrogen-bond donors (Lipinski definition) is 0. The molecule has 2 aliphatic heterocycles. The predicted molar refractivity (Wildman–Crippen MR) is 514 cm³/mol. The van der Waals surface area contributed by atoms with E-state index < -0.39 is 0 Å². The molecule has 6 nitrogen and oxygen atoms in total. The Morgan fingerprint density at radius 3 is 1.16 bits per heavy atom. The monoisotopic (exact) mass is 1550 g/mol. The van der Waals surface area contributed by atoms with Gasteiger partial charge in [0.25, 0.3) is 6.71 Å². The maximum absolute atomic E-state index is 7.29. The molecule has 0 unspecified atom stereocenters. The Bertz CT molecular complexity index is 7610. The minimum atomic E-state index is -0.339. The summed E-state index contributed by atoms with van der Waals surface area (Å²) in [6, 6.07) is 140. The average Bonchev–Trinajstić information content (AvgIpc) is 1.27. The number of hydrogen-bond acceptors (Lipinski definition) is 3. The van der Waals surface area contributed by atoms with E-state index in [2.05, 4.69) is 456 Å². The van der Waals surface area contributed by atoms with Crippen molar-refractivity contribution in [3.05, 3.63) is 387 Å². The number of anilines is 6. The van der Waals surface area contributed by atoms with Crippen LogP contribution in [0.1, 0.15) is 79.0 Å². The highest BCUT2D eigenvalue weighted by molar-refractivity contribution is 7.00. The van der Waals surface area contributed by atoms with Crippen molar-refractivity contribution in [2.75, 3.05) is 9.80 Å². The van der Waals surface area contributed by atoms with Crippen LogP contribution in [0.2, 0.25) is 0 Å². The summed E-state index contributed by atoms with van der Waals surface area (Å²) in [5.41, 5.74) is 36.0. The van der Waals surface area contributed by atoms with E-state index in [0.29, 0.717) is 0 Å². The van der Waals surface area contributed by atoms with E-state index in [9.17, 15) is 0 Å². The van der Waals surface area contributed by atoms with Crippen molar-refractivity contribution < 1.29 is 4.42 Å². The highest BCUT2D eigenvalue weighted by Gasteiger charge is 2.46. The van der Waals surface area contributed by atoms with Gasteiger partial charge >= 0.3 is 0 Å². The standard InChI is InChI=1S/C114H88BN5O/c1-112(2,3)75-54-61-99(90(66-75)73-36-17-12-18-37-73)119-103-69-78(116-95-48-24-19-38-82(95)83-39-20-25-49-96(83)116)57-59-93(103)115-94-60-58-79(117-100-62-55-76(113(4,5)6)67-91(100)92-68-77(114(7,8)9)56-63-101(92)117)70-104(94)120(110-80(71-32-13-10-14-33-71)43-29-44-81(110)72-34-15-11-16-35-72)106-65-74(64-105(119)109(106)115)108-87(89-47-30-46-88-86-42-23-28-53-107(86)121-111(88)89)45-31-52-102(108)118-97-50-26-21-40-84(97)85-41-22-27-51-98(85)118/h10-70H,1-9H3. The summed E-state index contributed by atoms with van der Waals surface area (Å²) in [6.07, 6.45) is 0. The molecule has 23 rings (SSSR count). The van der Waals surface area contributed by atoms with Crippen molar-refractivity contribution in [2.45, 2.75) is 78.6 Å². The molecule has 0 N–H and O–H groups in total. The molecule has 7 heteroatoms. The summed E-state index contributed by atoms with van der Waals surface area (Å²) in [5.74, 6) is 0. The number of nitrogens with zero attached hydrogens (tertiary/aromatic N) is 5. The third-order valence-electron chi connectivity index (χ3n) is 26.1. The summed E-state index contributed by atoms with van der Waals surface area (Å²) in [6.45, 7) is 20.7. The van der Waals surface area contributed by atoms with Crippen LogP contribution < -0.4 is 26.2 Å². The predicted octanol–water partition coefficient (Wildman–Crippen LogP) is 29.2. The molecule has 0 fully saturated rings. The van der Waals surface area contributed by atoms with Crippen LogP contribution in [0, 0.1) is 0 Å². The fourth-order valence-corrected chi connectivity index (χ4v) is 20.3. The normalized spacial score (nSPS) is 13.0. The van der Waals surface area contributed by atoms with E-state index >= 15 is 0 Å². The second-order valence-corrected chi connectivity index (χ2v) is 36.3. The summed E-state index contributed by atoms with van der Waals surface area (Å²) in [5, 5.41) is 9.42. The summed E-state index contributed by atoms with van der Waals surface area (Å²) >= 11 is 0. The fraction of sp³-hybridized carbons (Fsp3) is 0.105. The molecule has 0 radical (unpaired) electrons. The van der Waals surface area contributed by atoms with E-state index in [1.165, 1.54) is 65.4 Å². The van der Waals surface area contributed by atoms with Gasteiger partial charge in [-0.2, -0.15) is 0 Å². The Hall–Kier alpha value is -14.4. The molecule has 0 saturated carbocycles. The number of fused-ring (bicyclic) bond motifs is 16. The SMILES string of the molecule is CC(C)(C)c1ccc(N2c3cc(-n4c5ccccc5c5ccccc54)ccc3B3c4ccc(-n5c6ccc(C(C)(C)C)cc6c6cc(C(C)(C)C)ccc65)cc4N(c4c(-c5ccccc5)cccc4-c4ccccc4)c4cc(-c5c(-c6cccc7c6oc6ccccc67)cccc5-n5c6ccccc6c6ccccc65)cc2c43)c(-c2ccccc2)c1. The molecule has 0 spiro atoms. The Balaban J connectivity index is 0.926. The number of rotatable bonds is 10. The molecule has 121 heavy (non-hydrogen) atoms. The van der Waals surface area contributed by atoms with Crippen LogP contribution in [-0.2, 0) is 16.2 Å². The van der Waals surface area contributed by atoms with Gasteiger partial charge < -0.3 is 27.9 Å². The lowest BCUT2D eigenvalue weighted by Gasteiger charge is -2.46. The average molecular weight is 1550 g/mol. The largest absolute Gasteiger partial charge is 0.455 e. The van der Waals surface area contributed by atoms with Gasteiger partial charge in [0, 0.05) is 105 Å². The smallest absolute Gasteiger partial charge is 0.252 e. The molecule has 17 aromatic carbocycles. The van der Waals surface area contributed by atoms with E-state index in [1.54, 1.807) is 0 Å². The number of furan rings is 1. The molecule has 0 saturated heterocycles. The minimum absolute atomic E-state index is 0.0924. The molecule has 21 aromatic rings. The van der Waals surface area contributed by atoms with Crippen molar-refractivity contribution in [1.82, 2.24) is 13.7 Å². The molecule has 578 valence electrons. The summed E-state index contributed by atoms with van der Waals surface area (Å²) < 4.78 is 14.9. The van der Waals surface area contributed by atoms with Crippen molar-refractivity contribution >= 4 is 145 Å². The molecular formula is C114H88BN5O. The van der Waals surface area contributed by atoms with E-state index in [0.717, 1.165) is 162 Å². The molecule has 4 aromatic heterocycles. The van der Waals surface area contributed by atoms with Crippen molar-refractivity contribution in [2.24, 2.45) is 0 Å². The van der Waals surface area contributed by atoms with Crippen LogP contribution in [0.3, 0.4) is 0 Å². The fourth-order valence-electron chi connectivity index (χ4n) is 20.3. The zero-order chi connectivity index (χ0) is 81.5. The highest BCUT2D eigenvalue weighted by atomic mass is 16.3. The zero-order valence-corrected chi connectivity index (χ0v) is 69.4. The van der Waals surface area contributed by atoms with Gasteiger partial charge in [0.05, 0.1) is 50.2 Å². The number of benzene rings is 17. The van der Waals surface area contributed by atoms with Gasteiger partial charge in [0.2, 0.25) is 0 Å². The van der Waals surface area contributed by atoms with E-state index in [4.69, 9.17) is 4.42 Å². The zero-order valence-electron chi connectivity index (χ0n) is 69.4. The van der Waals surface area contributed by atoms with Crippen LogP contribution >= 0.6 is 0 Å². The third kappa shape index (κ3) is 11.2. The van der Waals surface area contributed by atoms with Crippen LogP contribution in [0.4, 0.5) is 34.1 Å². The van der Waals surface area contributed by atoms with Gasteiger partial charge in [0.1, 0.15) is 11.2 Å². The molecule has 2 aliphatic rings. The first-order valence-electron chi connectivity index (χ1n) is 42.6. The highest BCUT2D eigenvalue weighted by Crippen LogP contribution is 2.56. The van der Waals surface area contributed by atoms with Crippen molar-refractivity contribution in [3.63, 3.8) is 0 Å². The van der Waals surface area contributed by atoms with Crippen LogP contribution in [0.15, 0.2) is 374 Å². The van der Waals surface area contributed by atoms with Gasteiger partial charge in [-0.15, -0.1) is 0 Å². The third-order valence-corrected chi connectivity index (χ3v) is 26.1. The lowest BCUT2D eigenvalue weighted by molar-refractivity contribution is 0.590. The lowest BCUT2D eigenvalue weighted by atomic mass is 9.33. The number of aromatic nitrogens is 3. The van der Waals surface area contributed by atoms with Gasteiger partial charge in [-0.3, -0.25) is 0 Å². The molecule has 0 atom stereocenters. The van der Waals surface area contributed by atoms with E-state index in [-0.39, 0.29) is 23.0 Å². The van der Waals surface area contributed by atoms with Gasteiger partial charge in [-0.05, 0) is 186 Å². The van der Waals surface area contributed by atoms with Gasteiger partial charge in [-0.1, -0.05) is 323 Å². The Kier molecular flexibility index (Phi) is 16.1. The van der Waals surface area contributed by atoms with Crippen molar-refractivity contribution in [1.29, 1.82) is 0 Å². The lowest BCUT2D eigenvalue weighted by Crippen LogP contribution is -2.61. The second-order valence-electron chi connectivity index (χ2n) is 36.3. The summed E-state index contributed by atoms with van der Waals surface area (Å²) in [7, 11) is 0. The summed E-state index contributed by atoms with van der Waals surface area (Å²) in [4.78, 5) is 5.42. The van der Waals surface area contributed by atoms with Gasteiger partial charge in [-0.25, -0.2) is 0 Å². The molecule has 0 bridgehead atoms. The first-order valence-corrected chi connectivity index (χ1v) is 42.6. The molecular weight excluding hydrogens is 1470 g/mol. The van der Waals surface area contributed by atoms with Crippen LogP contribution in [0.5, 0.6) is 0 Å². The minimum Gasteiger partial charge on any atom is -0.455 e. The topological polar surface area (TPSA) is 34.4 Å². The van der Waals surface area contributed by atoms with E-state index in [1.807, 2.05) is 0 Å². The Morgan fingerprint density at radius 2 is 0.636 bits per heavy atom. The molecule has 0 amide bonds. The van der Waals surface area contributed by atoms with Crippen LogP contribution in [0.25, 0.3) is 160 Å². The maximum Gasteiger partial charge on any atom is 0.252 e. The maximum atomic E-state index is 7.29. The first kappa shape index (κ1) is 71.9. The van der Waals surface area contributed by atoms with Gasteiger partial charge in [0.15, 0.2) is 0 Å².